The summed E-state index contributed by atoms with van der Waals surface area (Å²) in [4.78, 5) is 4.24. The summed E-state index contributed by atoms with van der Waals surface area (Å²) in [5, 5.41) is 5.80. The lowest BCUT2D eigenvalue weighted by Crippen LogP contribution is -2.39. The molecule has 2 nitrogen and oxygen atoms in total. The zero-order valence-electron chi connectivity index (χ0n) is 12.8. The van der Waals surface area contributed by atoms with Gasteiger partial charge < -0.3 is 5.32 Å². The fourth-order valence-electron chi connectivity index (χ4n) is 4.66. The third-order valence-electron chi connectivity index (χ3n) is 5.92. The molecular formula is C19H22N2S. The van der Waals surface area contributed by atoms with Gasteiger partial charge in [0.05, 0.1) is 0 Å². The van der Waals surface area contributed by atoms with E-state index in [1.54, 1.807) is 5.56 Å². The highest BCUT2D eigenvalue weighted by molar-refractivity contribution is 7.10. The standard InChI is InChI=1S/C19H22N2S/c1-2-5-16-14(4-1)10-21(11-17(16)18-6-3-7-22-18)13-19-8-15(19)9-20-12-19/h1-7,15,17,20H,8-13H2. The van der Waals surface area contributed by atoms with Gasteiger partial charge in [-0.05, 0) is 46.9 Å². The van der Waals surface area contributed by atoms with Gasteiger partial charge in [0.2, 0.25) is 0 Å². The van der Waals surface area contributed by atoms with Crippen molar-refractivity contribution in [3.05, 3.63) is 57.8 Å². The number of benzene rings is 1. The molecule has 1 N–H and O–H groups in total. The summed E-state index contributed by atoms with van der Waals surface area (Å²) in [5.74, 6) is 1.51. The Kier molecular flexibility index (Phi) is 2.97. The van der Waals surface area contributed by atoms with E-state index in [1.807, 2.05) is 11.3 Å². The van der Waals surface area contributed by atoms with Gasteiger partial charge in [-0.15, -0.1) is 11.3 Å². The van der Waals surface area contributed by atoms with E-state index in [1.165, 1.54) is 43.0 Å². The molecule has 3 heterocycles. The van der Waals surface area contributed by atoms with Crippen LogP contribution in [0, 0.1) is 11.3 Å². The maximum absolute atomic E-state index is 3.59. The highest BCUT2D eigenvalue weighted by Crippen LogP contribution is 2.55. The van der Waals surface area contributed by atoms with Gasteiger partial charge in [0.15, 0.2) is 0 Å². The van der Waals surface area contributed by atoms with Crippen LogP contribution in [0.3, 0.4) is 0 Å². The average Bonchev–Trinajstić information content (AvgIpc) is 2.95. The van der Waals surface area contributed by atoms with Gasteiger partial charge in [-0.25, -0.2) is 0 Å². The third-order valence-corrected chi connectivity index (χ3v) is 6.90. The van der Waals surface area contributed by atoms with Crippen LogP contribution >= 0.6 is 11.3 Å². The van der Waals surface area contributed by atoms with Gasteiger partial charge in [-0.1, -0.05) is 30.3 Å². The normalized spacial score (nSPS) is 33.5. The molecule has 22 heavy (non-hydrogen) atoms. The Balaban J connectivity index is 1.45. The highest BCUT2D eigenvalue weighted by atomic mass is 32.1. The first-order valence-electron chi connectivity index (χ1n) is 8.38. The molecule has 0 amide bonds. The summed E-state index contributed by atoms with van der Waals surface area (Å²) in [6.07, 6.45) is 1.45. The molecule has 3 atom stereocenters. The minimum Gasteiger partial charge on any atom is -0.316 e. The van der Waals surface area contributed by atoms with Crippen molar-refractivity contribution >= 4 is 11.3 Å². The van der Waals surface area contributed by atoms with Gasteiger partial charge >= 0.3 is 0 Å². The minimum absolute atomic E-state index is 0.563. The second-order valence-electron chi connectivity index (χ2n) is 7.33. The largest absolute Gasteiger partial charge is 0.316 e. The average molecular weight is 310 g/mol. The smallest absolute Gasteiger partial charge is 0.0314 e. The monoisotopic (exact) mass is 310 g/mol. The SMILES string of the molecule is c1csc(C2CN(CC34CNCC3C4)Cc3ccccc32)c1. The molecule has 114 valence electrons. The number of rotatable bonds is 3. The minimum atomic E-state index is 0.563. The summed E-state index contributed by atoms with van der Waals surface area (Å²) in [6, 6.07) is 13.6. The fraction of sp³-hybridized carbons (Fsp3) is 0.474. The van der Waals surface area contributed by atoms with E-state index >= 15 is 0 Å². The zero-order chi connectivity index (χ0) is 14.6. The molecule has 1 aromatic carbocycles. The Morgan fingerprint density at radius 3 is 2.95 bits per heavy atom. The van der Waals surface area contributed by atoms with E-state index in [0.29, 0.717) is 11.3 Å². The second kappa shape index (κ2) is 4.92. The molecule has 5 rings (SSSR count). The highest BCUT2D eigenvalue weighted by Gasteiger charge is 2.57. The summed E-state index contributed by atoms with van der Waals surface area (Å²) in [7, 11) is 0. The summed E-state index contributed by atoms with van der Waals surface area (Å²) < 4.78 is 0. The molecule has 0 radical (unpaired) electrons. The summed E-state index contributed by atoms with van der Waals surface area (Å²) >= 11 is 1.91. The van der Waals surface area contributed by atoms with Gasteiger partial charge in [0.25, 0.3) is 0 Å². The number of piperidine rings is 1. The van der Waals surface area contributed by atoms with E-state index in [-0.39, 0.29) is 0 Å². The number of thiophene rings is 1. The van der Waals surface area contributed by atoms with E-state index in [4.69, 9.17) is 0 Å². The number of hydrogen-bond acceptors (Lipinski definition) is 3. The number of hydrogen-bond donors (Lipinski definition) is 1. The molecular weight excluding hydrogens is 288 g/mol. The van der Waals surface area contributed by atoms with Crippen LogP contribution in [0.1, 0.15) is 28.3 Å². The van der Waals surface area contributed by atoms with Crippen molar-refractivity contribution < 1.29 is 0 Å². The van der Waals surface area contributed by atoms with Crippen molar-refractivity contribution in [2.45, 2.75) is 18.9 Å². The van der Waals surface area contributed by atoms with Gasteiger partial charge in [-0.3, -0.25) is 4.90 Å². The Morgan fingerprint density at radius 1 is 1.23 bits per heavy atom. The number of nitrogens with zero attached hydrogens (tertiary/aromatic N) is 1. The molecule has 0 bridgehead atoms. The van der Waals surface area contributed by atoms with Crippen LogP contribution in [0.15, 0.2) is 41.8 Å². The van der Waals surface area contributed by atoms with Crippen molar-refractivity contribution in [3.8, 4) is 0 Å². The van der Waals surface area contributed by atoms with Crippen molar-refractivity contribution in [1.29, 1.82) is 0 Å². The molecule has 3 unspecified atom stereocenters. The van der Waals surface area contributed by atoms with Gasteiger partial charge in [0, 0.05) is 37.0 Å². The maximum Gasteiger partial charge on any atom is 0.0314 e. The first-order valence-corrected chi connectivity index (χ1v) is 9.26. The number of nitrogens with one attached hydrogen (secondary N) is 1. The van der Waals surface area contributed by atoms with Crippen molar-refractivity contribution in [1.82, 2.24) is 10.2 Å². The molecule has 2 aliphatic heterocycles. The first kappa shape index (κ1) is 13.3. The Hall–Kier alpha value is -1.16. The van der Waals surface area contributed by atoms with E-state index in [2.05, 4.69) is 52.0 Å². The van der Waals surface area contributed by atoms with Crippen LogP contribution in [0.5, 0.6) is 0 Å². The third kappa shape index (κ3) is 2.07. The van der Waals surface area contributed by atoms with E-state index in [0.717, 1.165) is 12.5 Å². The van der Waals surface area contributed by atoms with Gasteiger partial charge in [0.1, 0.15) is 0 Å². The second-order valence-corrected chi connectivity index (χ2v) is 8.31. The Bertz CT molecular complexity index is 681. The van der Waals surface area contributed by atoms with Crippen molar-refractivity contribution in [2.24, 2.45) is 11.3 Å². The predicted octanol–water partition coefficient (Wildman–Crippen LogP) is 3.31. The lowest BCUT2D eigenvalue weighted by molar-refractivity contribution is 0.194. The predicted molar refractivity (Wildman–Crippen MR) is 91.3 cm³/mol. The fourth-order valence-corrected chi connectivity index (χ4v) is 5.50. The quantitative estimate of drug-likeness (QED) is 0.936. The summed E-state index contributed by atoms with van der Waals surface area (Å²) in [5.41, 5.74) is 3.69. The topological polar surface area (TPSA) is 15.3 Å². The molecule has 1 saturated heterocycles. The Labute approximate surface area is 136 Å². The van der Waals surface area contributed by atoms with Crippen LogP contribution in [-0.4, -0.2) is 31.1 Å². The van der Waals surface area contributed by atoms with Crippen LogP contribution in [-0.2, 0) is 6.54 Å². The molecule has 2 fully saturated rings. The molecule has 3 aliphatic rings. The van der Waals surface area contributed by atoms with Crippen LogP contribution < -0.4 is 5.32 Å². The van der Waals surface area contributed by atoms with E-state index in [9.17, 15) is 0 Å². The summed E-state index contributed by atoms with van der Waals surface area (Å²) in [6.45, 7) is 6.08. The Morgan fingerprint density at radius 2 is 2.18 bits per heavy atom. The van der Waals surface area contributed by atoms with Crippen LogP contribution in [0.4, 0.5) is 0 Å². The van der Waals surface area contributed by atoms with Crippen LogP contribution in [0.25, 0.3) is 0 Å². The maximum atomic E-state index is 3.59. The first-order chi connectivity index (χ1) is 10.8. The van der Waals surface area contributed by atoms with Crippen molar-refractivity contribution in [3.63, 3.8) is 0 Å². The molecule has 1 aliphatic carbocycles. The molecule has 0 spiro atoms. The van der Waals surface area contributed by atoms with Crippen LogP contribution in [0.2, 0.25) is 0 Å². The molecule has 3 heteroatoms. The van der Waals surface area contributed by atoms with Gasteiger partial charge in [-0.2, -0.15) is 0 Å². The van der Waals surface area contributed by atoms with Crippen molar-refractivity contribution in [2.75, 3.05) is 26.2 Å². The lowest BCUT2D eigenvalue weighted by Gasteiger charge is -2.36. The molecule has 2 aromatic rings. The zero-order valence-corrected chi connectivity index (χ0v) is 13.6. The van der Waals surface area contributed by atoms with E-state index < -0.39 is 0 Å². The molecule has 1 aromatic heterocycles. The molecule has 1 saturated carbocycles. The number of fused-ring (bicyclic) bond motifs is 2. The lowest BCUT2D eigenvalue weighted by atomic mass is 9.88.